The van der Waals surface area contributed by atoms with E-state index in [4.69, 9.17) is 4.74 Å². The lowest BCUT2D eigenvalue weighted by Gasteiger charge is -2.16. The van der Waals surface area contributed by atoms with Gasteiger partial charge < -0.3 is 15.0 Å². The van der Waals surface area contributed by atoms with Crippen LogP contribution in [0.3, 0.4) is 0 Å². The van der Waals surface area contributed by atoms with Gasteiger partial charge in [0.05, 0.1) is 0 Å². The van der Waals surface area contributed by atoms with E-state index in [1.165, 1.54) is 17.7 Å². The summed E-state index contributed by atoms with van der Waals surface area (Å²) < 4.78 is 19.4. The highest BCUT2D eigenvalue weighted by molar-refractivity contribution is 9.10. The lowest BCUT2D eigenvalue weighted by Crippen LogP contribution is -2.31. The van der Waals surface area contributed by atoms with Crippen LogP contribution in [0.2, 0.25) is 0 Å². The number of amides is 1. The van der Waals surface area contributed by atoms with E-state index in [9.17, 15) is 9.18 Å². The van der Waals surface area contributed by atoms with Gasteiger partial charge in [-0.2, -0.15) is 0 Å². The summed E-state index contributed by atoms with van der Waals surface area (Å²) in [5.41, 5.74) is 1.26. The second-order valence-corrected chi connectivity index (χ2v) is 6.71. The van der Waals surface area contributed by atoms with Crippen molar-refractivity contribution in [2.45, 2.75) is 13.0 Å². The quantitative estimate of drug-likeness (QED) is 0.644. The van der Waals surface area contributed by atoms with Gasteiger partial charge in [-0.1, -0.05) is 46.3 Å². The Balaban J connectivity index is 1.60. The van der Waals surface area contributed by atoms with Crippen LogP contribution < -0.4 is 10.1 Å². The number of carbonyl (C=O) groups is 1. The van der Waals surface area contributed by atoms with Crippen molar-refractivity contribution in [1.29, 1.82) is 0 Å². The standard InChI is InChI=1S/C19H22BrFN2O2/c1-23(13-15-6-3-2-4-7-15)11-5-10-22-19(24)14-25-18-9-8-16(20)12-17(18)21/h2-4,6-9,12H,5,10-11,13-14H2,1H3,(H,22,24). The highest BCUT2D eigenvalue weighted by atomic mass is 79.9. The van der Waals surface area contributed by atoms with Crippen molar-refractivity contribution in [2.75, 3.05) is 26.7 Å². The minimum atomic E-state index is -0.496. The summed E-state index contributed by atoms with van der Waals surface area (Å²) >= 11 is 3.17. The number of hydrogen-bond acceptors (Lipinski definition) is 3. The van der Waals surface area contributed by atoms with Crippen molar-refractivity contribution in [1.82, 2.24) is 10.2 Å². The van der Waals surface area contributed by atoms with Crippen LogP contribution in [-0.2, 0) is 11.3 Å². The summed E-state index contributed by atoms with van der Waals surface area (Å²) in [5.74, 6) is -0.682. The first-order valence-electron chi connectivity index (χ1n) is 8.11. The summed E-state index contributed by atoms with van der Waals surface area (Å²) in [6, 6.07) is 14.7. The predicted molar refractivity (Wildman–Crippen MR) is 100.0 cm³/mol. The van der Waals surface area contributed by atoms with Crippen LogP contribution in [0.1, 0.15) is 12.0 Å². The van der Waals surface area contributed by atoms with E-state index < -0.39 is 5.82 Å². The Bertz CT molecular complexity index is 682. The van der Waals surface area contributed by atoms with Gasteiger partial charge >= 0.3 is 0 Å². The van der Waals surface area contributed by atoms with E-state index >= 15 is 0 Å². The molecule has 0 saturated carbocycles. The molecule has 0 radical (unpaired) electrons. The second-order valence-electron chi connectivity index (χ2n) is 5.79. The number of benzene rings is 2. The molecule has 6 heteroatoms. The molecule has 134 valence electrons. The highest BCUT2D eigenvalue weighted by Crippen LogP contribution is 2.21. The number of rotatable bonds is 9. The van der Waals surface area contributed by atoms with Crippen molar-refractivity contribution < 1.29 is 13.9 Å². The van der Waals surface area contributed by atoms with Gasteiger partial charge in [-0.05, 0) is 43.8 Å². The molecule has 25 heavy (non-hydrogen) atoms. The van der Waals surface area contributed by atoms with E-state index in [2.05, 4.69) is 38.3 Å². The number of ether oxygens (including phenoxy) is 1. The van der Waals surface area contributed by atoms with E-state index in [0.29, 0.717) is 11.0 Å². The zero-order valence-corrected chi connectivity index (χ0v) is 15.8. The van der Waals surface area contributed by atoms with Gasteiger partial charge in [-0.25, -0.2) is 4.39 Å². The smallest absolute Gasteiger partial charge is 0.257 e. The molecule has 0 saturated heterocycles. The zero-order valence-electron chi connectivity index (χ0n) is 14.2. The molecule has 4 nitrogen and oxygen atoms in total. The van der Waals surface area contributed by atoms with Gasteiger partial charge in [0, 0.05) is 17.6 Å². The Morgan fingerprint density at radius 2 is 2.00 bits per heavy atom. The fraction of sp³-hybridized carbons (Fsp3) is 0.316. The van der Waals surface area contributed by atoms with Gasteiger partial charge in [-0.15, -0.1) is 0 Å². The molecule has 0 aliphatic heterocycles. The van der Waals surface area contributed by atoms with Crippen molar-refractivity contribution in [3.63, 3.8) is 0 Å². The van der Waals surface area contributed by atoms with E-state index in [-0.39, 0.29) is 18.3 Å². The molecule has 0 fully saturated rings. The Morgan fingerprint density at radius 1 is 1.24 bits per heavy atom. The first-order chi connectivity index (χ1) is 12.0. The van der Waals surface area contributed by atoms with Gasteiger partial charge in [0.15, 0.2) is 18.2 Å². The fourth-order valence-corrected chi connectivity index (χ4v) is 2.67. The fourth-order valence-electron chi connectivity index (χ4n) is 2.34. The molecular weight excluding hydrogens is 387 g/mol. The molecular formula is C19H22BrFN2O2. The third-order valence-corrected chi connectivity index (χ3v) is 4.08. The summed E-state index contributed by atoms with van der Waals surface area (Å²) in [6.45, 7) is 2.11. The summed E-state index contributed by atoms with van der Waals surface area (Å²) in [4.78, 5) is 14.0. The van der Waals surface area contributed by atoms with E-state index in [1.54, 1.807) is 6.07 Å². The first-order valence-corrected chi connectivity index (χ1v) is 8.91. The third-order valence-electron chi connectivity index (χ3n) is 3.59. The van der Waals surface area contributed by atoms with Crippen molar-refractivity contribution in [2.24, 2.45) is 0 Å². The highest BCUT2D eigenvalue weighted by Gasteiger charge is 2.07. The monoisotopic (exact) mass is 408 g/mol. The number of nitrogens with zero attached hydrogens (tertiary/aromatic N) is 1. The molecule has 2 aromatic rings. The number of carbonyl (C=O) groups excluding carboxylic acids is 1. The van der Waals surface area contributed by atoms with E-state index in [1.807, 2.05) is 25.2 Å². The van der Waals surface area contributed by atoms with Crippen LogP contribution in [0.4, 0.5) is 4.39 Å². The lowest BCUT2D eigenvalue weighted by atomic mass is 10.2. The average molecular weight is 409 g/mol. The SMILES string of the molecule is CN(CCCNC(=O)COc1ccc(Br)cc1F)Cc1ccccc1. The van der Waals surface area contributed by atoms with Crippen LogP contribution in [-0.4, -0.2) is 37.6 Å². The van der Waals surface area contributed by atoms with Gasteiger partial charge in [-0.3, -0.25) is 4.79 Å². The minimum Gasteiger partial charge on any atom is -0.481 e. The predicted octanol–water partition coefficient (Wildman–Crippen LogP) is 3.61. The lowest BCUT2D eigenvalue weighted by molar-refractivity contribution is -0.123. The molecule has 0 spiro atoms. The Kier molecular flexibility index (Phi) is 7.88. The molecule has 0 atom stereocenters. The molecule has 1 N–H and O–H groups in total. The third kappa shape index (κ3) is 7.23. The van der Waals surface area contributed by atoms with E-state index in [0.717, 1.165) is 19.5 Å². The molecule has 2 aromatic carbocycles. The van der Waals surface area contributed by atoms with Crippen molar-refractivity contribution in [3.05, 3.63) is 64.4 Å². The molecule has 0 heterocycles. The number of hydrogen-bond donors (Lipinski definition) is 1. The van der Waals surface area contributed by atoms with Crippen LogP contribution >= 0.6 is 15.9 Å². The Labute approximate surface area is 156 Å². The van der Waals surface area contributed by atoms with Crippen molar-refractivity contribution >= 4 is 21.8 Å². The maximum absolute atomic E-state index is 13.6. The summed E-state index contributed by atoms with van der Waals surface area (Å²) in [6.07, 6.45) is 0.835. The summed E-state index contributed by atoms with van der Waals surface area (Å²) in [7, 11) is 2.05. The first kappa shape index (κ1) is 19.4. The minimum absolute atomic E-state index is 0.0703. The van der Waals surface area contributed by atoms with Crippen molar-refractivity contribution in [3.8, 4) is 5.75 Å². The normalized spacial score (nSPS) is 10.7. The largest absolute Gasteiger partial charge is 0.481 e. The second kappa shape index (κ2) is 10.2. The van der Waals surface area contributed by atoms with Crippen LogP contribution in [0.25, 0.3) is 0 Å². The van der Waals surface area contributed by atoms with Crippen LogP contribution in [0.15, 0.2) is 53.0 Å². The molecule has 0 bridgehead atoms. The molecule has 1 amide bonds. The Morgan fingerprint density at radius 3 is 2.72 bits per heavy atom. The van der Waals surface area contributed by atoms with Gasteiger partial charge in [0.25, 0.3) is 5.91 Å². The maximum atomic E-state index is 13.6. The number of halogens is 2. The molecule has 2 rings (SSSR count). The topological polar surface area (TPSA) is 41.6 Å². The van der Waals surface area contributed by atoms with Gasteiger partial charge in [0.1, 0.15) is 0 Å². The zero-order chi connectivity index (χ0) is 18.1. The maximum Gasteiger partial charge on any atom is 0.257 e. The van der Waals surface area contributed by atoms with Crippen LogP contribution in [0, 0.1) is 5.82 Å². The Hall–Kier alpha value is -1.92. The van der Waals surface area contributed by atoms with Crippen LogP contribution in [0.5, 0.6) is 5.75 Å². The molecule has 0 aliphatic rings. The molecule has 0 aliphatic carbocycles. The molecule has 0 aromatic heterocycles. The summed E-state index contributed by atoms with van der Waals surface area (Å²) in [5, 5.41) is 2.78. The average Bonchev–Trinajstić information content (AvgIpc) is 2.59. The molecule has 0 unspecified atom stereocenters. The number of nitrogens with one attached hydrogen (secondary N) is 1. The van der Waals surface area contributed by atoms with Gasteiger partial charge in [0.2, 0.25) is 0 Å².